The zero-order chi connectivity index (χ0) is 21.0. The average molecular weight is 395 g/mol. The van der Waals surface area contributed by atoms with Gasteiger partial charge in [-0.1, -0.05) is 36.4 Å². The van der Waals surface area contributed by atoms with Crippen molar-refractivity contribution in [3.63, 3.8) is 0 Å². The molecule has 1 heterocycles. The summed E-state index contributed by atoms with van der Waals surface area (Å²) < 4.78 is 0. The summed E-state index contributed by atoms with van der Waals surface area (Å²) in [6.45, 7) is 11.0. The Bertz CT molecular complexity index is 842. The normalized spacial score (nSPS) is 16.4. The number of hydrogen-bond acceptors (Lipinski definition) is 4. The van der Waals surface area contributed by atoms with Crippen LogP contribution in [0.4, 0.5) is 11.4 Å². The quantitative estimate of drug-likeness (QED) is 0.652. The third kappa shape index (κ3) is 5.30. The van der Waals surface area contributed by atoms with Crippen LogP contribution < -0.4 is 16.4 Å². The first-order valence-corrected chi connectivity index (χ1v) is 10.5. The molecule has 2 aromatic carbocycles. The van der Waals surface area contributed by atoms with E-state index in [2.05, 4.69) is 52.8 Å². The summed E-state index contributed by atoms with van der Waals surface area (Å²) in [4.78, 5) is 15.2. The predicted molar refractivity (Wildman–Crippen MR) is 121 cm³/mol. The molecule has 1 unspecified atom stereocenters. The third-order valence-corrected chi connectivity index (χ3v) is 5.97. The fourth-order valence-electron chi connectivity index (χ4n) is 4.11. The van der Waals surface area contributed by atoms with Crippen molar-refractivity contribution in [1.82, 2.24) is 10.2 Å². The van der Waals surface area contributed by atoms with Crippen molar-refractivity contribution in [3.8, 4) is 0 Å². The van der Waals surface area contributed by atoms with Crippen LogP contribution in [0.3, 0.4) is 0 Å². The lowest BCUT2D eigenvalue weighted by atomic mass is 10.0. The van der Waals surface area contributed by atoms with Gasteiger partial charge < -0.3 is 16.4 Å². The van der Waals surface area contributed by atoms with E-state index >= 15 is 0 Å². The molecule has 3 rings (SSSR count). The molecule has 5 heteroatoms. The fourth-order valence-corrected chi connectivity index (χ4v) is 4.11. The molecule has 0 spiro atoms. The van der Waals surface area contributed by atoms with E-state index in [0.717, 1.165) is 60.5 Å². The van der Waals surface area contributed by atoms with Gasteiger partial charge in [-0.25, -0.2) is 0 Å². The van der Waals surface area contributed by atoms with Crippen LogP contribution in [-0.4, -0.2) is 36.0 Å². The number of likely N-dealkylation sites (tertiary alicyclic amines) is 1. The number of amides is 1. The van der Waals surface area contributed by atoms with Gasteiger partial charge in [-0.3, -0.25) is 9.69 Å². The molecule has 156 valence electrons. The van der Waals surface area contributed by atoms with Crippen LogP contribution in [0.1, 0.15) is 42.0 Å². The molecule has 0 radical (unpaired) electrons. The molecule has 1 fully saturated rings. The summed E-state index contributed by atoms with van der Waals surface area (Å²) in [5, 5.41) is 6.60. The number of nitrogens with two attached hydrogens (primary N) is 1. The molecule has 0 saturated carbocycles. The molecule has 2 aromatic rings. The van der Waals surface area contributed by atoms with Crippen molar-refractivity contribution in [2.45, 2.75) is 59.2 Å². The Kier molecular flexibility index (Phi) is 6.80. The first-order valence-electron chi connectivity index (χ1n) is 10.5. The summed E-state index contributed by atoms with van der Waals surface area (Å²) in [5.74, 6) is 0.0458. The number of benzene rings is 2. The number of rotatable bonds is 6. The molecule has 1 atom stereocenters. The van der Waals surface area contributed by atoms with Crippen molar-refractivity contribution < 1.29 is 4.79 Å². The van der Waals surface area contributed by atoms with E-state index in [0.29, 0.717) is 0 Å². The van der Waals surface area contributed by atoms with Crippen LogP contribution in [0.25, 0.3) is 0 Å². The first kappa shape index (κ1) is 21.2. The third-order valence-electron chi connectivity index (χ3n) is 5.97. The van der Waals surface area contributed by atoms with E-state index < -0.39 is 0 Å². The van der Waals surface area contributed by atoms with Gasteiger partial charge in [-0.15, -0.1) is 0 Å². The Morgan fingerprint density at radius 2 is 1.79 bits per heavy atom. The number of carbonyl (C=O) groups excluding carboxylic acids is 1. The van der Waals surface area contributed by atoms with Crippen molar-refractivity contribution in [2.24, 2.45) is 0 Å². The lowest BCUT2D eigenvalue weighted by molar-refractivity contribution is -0.122. The number of nitrogens with one attached hydrogen (secondary N) is 2. The molecule has 4 N–H and O–H groups in total. The monoisotopic (exact) mass is 394 g/mol. The maximum absolute atomic E-state index is 12.7. The molecule has 0 bridgehead atoms. The fraction of sp³-hybridized carbons (Fsp3) is 0.458. The standard InChI is InChI=1S/C24H34N4O/c1-16-14-17(2)23(18(3)22(16)25)26-19(4)24(29)27-21-10-12-28(13-11-21)15-20-8-6-5-7-9-20/h5-9,14,19,21,26H,10-13,15,25H2,1-4H3,(H,27,29). The highest BCUT2D eigenvalue weighted by Gasteiger charge is 2.23. The molecular weight excluding hydrogens is 360 g/mol. The Morgan fingerprint density at radius 3 is 2.45 bits per heavy atom. The minimum atomic E-state index is -0.308. The Balaban J connectivity index is 1.50. The van der Waals surface area contributed by atoms with Gasteiger partial charge in [-0.05, 0) is 62.8 Å². The number of nitrogen functional groups attached to an aromatic ring is 1. The zero-order valence-electron chi connectivity index (χ0n) is 18.1. The summed E-state index contributed by atoms with van der Waals surface area (Å²) in [5.41, 5.74) is 12.5. The van der Waals surface area contributed by atoms with E-state index in [1.54, 1.807) is 0 Å². The Hall–Kier alpha value is -2.53. The van der Waals surface area contributed by atoms with Crippen LogP contribution in [0.5, 0.6) is 0 Å². The van der Waals surface area contributed by atoms with Crippen molar-refractivity contribution in [2.75, 3.05) is 24.1 Å². The second-order valence-corrected chi connectivity index (χ2v) is 8.33. The van der Waals surface area contributed by atoms with E-state index in [1.807, 2.05) is 26.8 Å². The molecule has 0 aliphatic carbocycles. The number of piperidine rings is 1. The topological polar surface area (TPSA) is 70.4 Å². The summed E-state index contributed by atoms with van der Waals surface area (Å²) in [7, 11) is 0. The van der Waals surface area contributed by atoms with E-state index in [-0.39, 0.29) is 18.0 Å². The van der Waals surface area contributed by atoms with Gasteiger partial charge in [0, 0.05) is 37.1 Å². The lowest BCUT2D eigenvalue weighted by Gasteiger charge is -2.33. The summed E-state index contributed by atoms with van der Waals surface area (Å²) in [6, 6.07) is 12.6. The highest BCUT2D eigenvalue weighted by Crippen LogP contribution is 2.29. The maximum Gasteiger partial charge on any atom is 0.242 e. The lowest BCUT2D eigenvalue weighted by Crippen LogP contribution is -2.48. The van der Waals surface area contributed by atoms with Crippen molar-refractivity contribution in [1.29, 1.82) is 0 Å². The molecule has 1 amide bonds. The smallest absolute Gasteiger partial charge is 0.242 e. The Morgan fingerprint density at radius 1 is 1.14 bits per heavy atom. The van der Waals surface area contributed by atoms with E-state index in [1.165, 1.54) is 5.56 Å². The average Bonchev–Trinajstić information content (AvgIpc) is 2.71. The van der Waals surface area contributed by atoms with Crippen LogP contribution in [0.15, 0.2) is 36.4 Å². The SMILES string of the molecule is Cc1cc(C)c(NC(C)C(=O)NC2CCN(Cc3ccccc3)CC2)c(C)c1N. The number of carbonyl (C=O) groups is 1. The van der Waals surface area contributed by atoms with E-state index in [4.69, 9.17) is 5.73 Å². The molecule has 1 aliphatic rings. The molecule has 0 aromatic heterocycles. The van der Waals surface area contributed by atoms with Gasteiger partial charge in [0.05, 0.1) is 0 Å². The molecule has 1 saturated heterocycles. The molecular formula is C24H34N4O. The van der Waals surface area contributed by atoms with Gasteiger partial charge >= 0.3 is 0 Å². The second kappa shape index (κ2) is 9.31. The van der Waals surface area contributed by atoms with Crippen LogP contribution >= 0.6 is 0 Å². The van der Waals surface area contributed by atoms with Crippen molar-refractivity contribution in [3.05, 3.63) is 58.7 Å². The number of aryl methyl sites for hydroxylation is 2. The zero-order valence-corrected chi connectivity index (χ0v) is 18.1. The Labute approximate surface area is 174 Å². The van der Waals surface area contributed by atoms with Gasteiger partial charge in [0.1, 0.15) is 6.04 Å². The summed E-state index contributed by atoms with van der Waals surface area (Å²) >= 11 is 0. The van der Waals surface area contributed by atoms with Crippen LogP contribution in [0.2, 0.25) is 0 Å². The second-order valence-electron chi connectivity index (χ2n) is 8.33. The largest absolute Gasteiger partial charge is 0.398 e. The minimum absolute atomic E-state index is 0.0458. The van der Waals surface area contributed by atoms with Crippen LogP contribution in [-0.2, 0) is 11.3 Å². The maximum atomic E-state index is 12.7. The van der Waals surface area contributed by atoms with E-state index in [9.17, 15) is 4.79 Å². The first-order chi connectivity index (χ1) is 13.8. The number of anilines is 2. The van der Waals surface area contributed by atoms with Crippen LogP contribution in [0, 0.1) is 20.8 Å². The number of hydrogen-bond donors (Lipinski definition) is 3. The van der Waals surface area contributed by atoms with Gasteiger partial charge in [0.2, 0.25) is 5.91 Å². The highest BCUT2D eigenvalue weighted by atomic mass is 16.2. The van der Waals surface area contributed by atoms with Gasteiger partial charge in [-0.2, -0.15) is 0 Å². The van der Waals surface area contributed by atoms with Crippen molar-refractivity contribution >= 4 is 17.3 Å². The minimum Gasteiger partial charge on any atom is -0.398 e. The van der Waals surface area contributed by atoms with Gasteiger partial charge in [0.15, 0.2) is 0 Å². The summed E-state index contributed by atoms with van der Waals surface area (Å²) in [6.07, 6.45) is 1.97. The molecule has 29 heavy (non-hydrogen) atoms. The number of nitrogens with zero attached hydrogens (tertiary/aromatic N) is 1. The molecule has 1 aliphatic heterocycles. The highest BCUT2D eigenvalue weighted by molar-refractivity contribution is 5.85. The van der Waals surface area contributed by atoms with Gasteiger partial charge in [0.25, 0.3) is 0 Å². The molecule has 5 nitrogen and oxygen atoms in total. The predicted octanol–water partition coefficient (Wildman–Crippen LogP) is 3.78.